The van der Waals surface area contributed by atoms with Crippen LogP contribution in [0.4, 0.5) is 19.3 Å². The SMILES string of the molecule is CC(C)(C)OC(=O)N1CCN(c2cc(F)c(O)c(F)c2)CC1. The molecule has 1 aromatic rings. The van der Waals surface area contributed by atoms with E-state index in [0.717, 1.165) is 12.1 Å². The molecule has 0 unspecified atom stereocenters. The third kappa shape index (κ3) is 3.78. The second-order valence-electron chi connectivity index (χ2n) is 6.21. The lowest BCUT2D eigenvalue weighted by Gasteiger charge is -2.36. The summed E-state index contributed by atoms with van der Waals surface area (Å²) in [6, 6.07) is 2.17. The van der Waals surface area contributed by atoms with E-state index in [4.69, 9.17) is 9.84 Å². The van der Waals surface area contributed by atoms with Crippen molar-refractivity contribution in [1.29, 1.82) is 0 Å². The second kappa shape index (κ2) is 5.98. The molecule has 1 aliphatic heterocycles. The standard InChI is InChI=1S/C15H20F2N2O3/c1-15(2,3)22-14(21)19-6-4-18(5-7-19)10-8-11(16)13(20)12(17)9-10/h8-9,20H,4-7H2,1-3H3. The van der Waals surface area contributed by atoms with E-state index >= 15 is 0 Å². The molecule has 0 bridgehead atoms. The van der Waals surface area contributed by atoms with Crippen molar-refractivity contribution in [2.45, 2.75) is 26.4 Å². The minimum atomic E-state index is -0.996. The van der Waals surface area contributed by atoms with Crippen molar-refractivity contribution >= 4 is 11.8 Å². The average molecular weight is 314 g/mol. The fourth-order valence-electron chi connectivity index (χ4n) is 2.21. The predicted molar refractivity (Wildman–Crippen MR) is 78.0 cm³/mol. The van der Waals surface area contributed by atoms with E-state index in [-0.39, 0.29) is 0 Å². The van der Waals surface area contributed by atoms with Crippen molar-refractivity contribution in [3.8, 4) is 5.75 Å². The molecule has 0 saturated carbocycles. The summed E-state index contributed by atoms with van der Waals surface area (Å²) in [6.45, 7) is 7.05. The molecular formula is C15H20F2N2O3. The Labute approximate surface area is 128 Å². The van der Waals surface area contributed by atoms with Crippen molar-refractivity contribution in [2.24, 2.45) is 0 Å². The molecule has 1 amide bonds. The van der Waals surface area contributed by atoms with Gasteiger partial charge < -0.3 is 19.6 Å². The van der Waals surface area contributed by atoms with E-state index in [1.54, 1.807) is 30.6 Å². The summed E-state index contributed by atoms with van der Waals surface area (Å²) in [5, 5.41) is 9.11. The van der Waals surface area contributed by atoms with Gasteiger partial charge in [-0.25, -0.2) is 13.6 Å². The molecule has 7 heteroatoms. The summed E-state index contributed by atoms with van der Waals surface area (Å²) in [5.41, 5.74) is -0.214. The lowest BCUT2D eigenvalue weighted by atomic mass is 10.2. The summed E-state index contributed by atoms with van der Waals surface area (Å²) in [5.74, 6) is -2.97. The van der Waals surface area contributed by atoms with E-state index in [1.165, 1.54) is 0 Å². The number of piperazine rings is 1. The Hall–Kier alpha value is -2.05. The smallest absolute Gasteiger partial charge is 0.410 e. The Morgan fingerprint density at radius 1 is 1.14 bits per heavy atom. The lowest BCUT2D eigenvalue weighted by Crippen LogP contribution is -2.50. The highest BCUT2D eigenvalue weighted by Gasteiger charge is 2.26. The first-order valence-corrected chi connectivity index (χ1v) is 7.08. The van der Waals surface area contributed by atoms with Crippen LogP contribution in [0.25, 0.3) is 0 Å². The quantitative estimate of drug-likeness (QED) is 0.866. The molecular weight excluding hydrogens is 294 g/mol. The Kier molecular flexibility index (Phi) is 4.44. The van der Waals surface area contributed by atoms with Crippen LogP contribution in [0.15, 0.2) is 12.1 Å². The molecule has 1 aromatic carbocycles. The first kappa shape index (κ1) is 16.3. The summed E-state index contributed by atoms with van der Waals surface area (Å²) in [7, 11) is 0. The van der Waals surface area contributed by atoms with Crippen LogP contribution in [-0.4, -0.2) is 47.9 Å². The molecule has 0 aromatic heterocycles. The first-order chi connectivity index (χ1) is 10.2. The van der Waals surface area contributed by atoms with Crippen LogP contribution >= 0.6 is 0 Å². The van der Waals surface area contributed by atoms with E-state index in [1.807, 2.05) is 0 Å². The van der Waals surface area contributed by atoms with Crippen LogP contribution in [0.1, 0.15) is 20.8 Å². The normalized spacial score (nSPS) is 15.9. The largest absolute Gasteiger partial charge is 0.503 e. The van der Waals surface area contributed by atoms with Gasteiger partial charge in [0, 0.05) is 44.0 Å². The summed E-state index contributed by atoms with van der Waals surface area (Å²) < 4.78 is 32.1. The van der Waals surface area contributed by atoms with E-state index in [2.05, 4.69) is 0 Å². The van der Waals surface area contributed by atoms with Gasteiger partial charge in [0.15, 0.2) is 17.4 Å². The van der Waals surface area contributed by atoms with Crippen LogP contribution in [0.5, 0.6) is 5.75 Å². The number of anilines is 1. The zero-order valence-corrected chi connectivity index (χ0v) is 12.9. The number of phenols is 1. The molecule has 1 aliphatic rings. The van der Waals surface area contributed by atoms with Gasteiger partial charge in [-0.1, -0.05) is 0 Å². The highest BCUT2D eigenvalue weighted by atomic mass is 19.1. The van der Waals surface area contributed by atoms with Gasteiger partial charge in [0.05, 0.1) is 0 Å². The van der Waals surface area contributed by atoms with Crippen LogP contribution in [-0.2, 0) is 4.74 Å². The zero-order valence-electron chi connectivity index (χ0n) is 12.9. The van der Waals surface area contributed by atoms with Gasteiger partial charge in [-0.05, 0) is 20.8 Å². The number of ether oxygens (including phenoxy) is 1. The highest BCUT2D eigenvalue weighted by molar-refractivity contribution is 5.68. The number of amides is 1. The van der Waals surface area contributed by atoms with Gasteiger partial charge in [0.25, 0.3) is 0 Å². The number of halogens is 2. The Bertz CT molecular complexity index is 541. The Morgan fingerprint density at radius 2 is 1.64 bits per heavy atom. The monoisotopic (exact) mass is 314 g/mol. The first-order valence-electron chi connectivity index (χ1n) is 7.08. The lowest BCUT2D eigenvalue weighted by molar-refractivity contribution is 0.0240. The molecule has 22 heavy (non-hydrogen) atoms. The zero-order chi connectivity index (χ0) is 16.5. The van der Waals surface area contributed by atoms with Gasteiger partial charge in [0.2, 0.25) is 0 Å². The summed E-state index contributed by atoms with van der Waals surface area (Å²) in [4.78, 5) is 15.3. The number of rotatable bonds is 1. The van der Waals surface area contributed by atoms with Gasteiger partial charge in [0.1, 0.15) is 5.60 Å². The number of hydrogen-bond acceptors (Lipinski definition) is 4. The number of hydrogen-bond donors (Lipinski definition) is 1. The summed E-state index contributed by atoms with van der Waals surface area (Å²) in [6.07, 6.45) is -0.393. The minimum absolute atomic E-state index is 0.344. The Morgan fingerprint density at radius 3 is 2.09 bits per heavy atom. The van der Waals surface area contributed by atoms with Gasteiger partial charge in [-0.3, -0.25) is 0 Å². The maximum atomic E-state index is 13.4. The molecule has 0 radical (unpaired) electrons. The molecule has 1 fully saturated rings. The molecule has 2 rings (SSSR count). The van der Waals surface area contributed by atoms with Crippen molar-refractivity contribution < 1.29 is 23.4 Å². The van der Waals surface area contributed by atoms with Crippen LogP contribution < -0.4 is 4.90 Å². The fraction of sp³-hybridized carbons (Fsp3) is 0.533. The maximum absolute atomic E-state index is 13.4. The van der Waals surface area contributed by atoms with Gasteiger partial charge in [-0.2, -0.15) is 0 Å². The molecule has 0 atom stereocenters. The molecule has 1 heterocycles. The van der Waals surface area contributed by atoms with Crippen LogP contribution in [0.2, 0.25) is 0 Å². The maximum Gasteiger partial charge on any atom is 0.410 e. The molecule has 5 nitrogen and oxygen atoms in total. The highest BCUT2D eigenvalue weighted by Crippen LogP contribution is 2.27. The van der Waals surface area contributed by atoms with Gasteiger partial charge in [-0.15, -0.1) is 0 Å². The topological polar surface area (TPSA) is 53.0 Å². The third-order valence-electron chi connectivity index (χ3n) is 3.30. The van der Waals surface area contributed by atoms with Crippen LogP contribution in [0, 0.1) is 11.6 Å². The third-order valence-corrected chi connectivity index (χ3v) is 3.30. The predicted octanol–water partition coefficient (Wildman–Crippen LogP) is 2.73. The summed E-state index contributed by atoms with van der Waals surface area (Å²) >= 11 is 0. The van der Waals surface area contributed by atoms with Crippen molar-refractivity contribution in [2.75, 3.05) is 31.1 Å². The number of benzene rings is 1. The van der Waals surface area contributed by atoms with E-state index in [9.17, 15) is 13.6 Å². The van der Waals surface area contributed by atoms with E-state index < -0.39 is 29.1 Å². The van der Waals surface area contributed by atoms with Crippen LogP contribution in [0.3, 0.4) is 0 Å². The Balaban J connectivity index is 1.99. The average Bonchev–Trinajstić information content (AvgIpc) is 2.42. The van der Waals surface area contributed by atoms with Crippen molar-refractivity contribution in [3.63, 3.8) is 0 Å². The van der Waals surface area contributed by atoms with Crippen molar-refractivity contribution in [1.82, 2.24) is 4.90 Å². The van der Waals surface area contributed by atoms with Crippen molar-refractivity contribution in [3.05, 3.63) is 23.8 Å². The number of aromatic hydroxyl groups is 1. The molecule has 0 spiro atoms. The molecule has 0 aliphatic carbocycles. The van der Waals surface area contributed by atoms with Gasteiger partial charge >= 0.3 is 6.09 Å². The number of carbonyl (C=O) groups is 1. The molecule has 1 N–H and O–H groups in total. The minimum Gasteiger partial charge on any atom is -0.503 e. The fourth-order valence-corrected chi connectivity index (χ4v) is 2.21. The molecule has 122 valence electrons. The second-order valence-corrected chi connectivity index (χ2v) is 6.21. The number of carbonyl (C=O) groups excluding carboxylic acids is 1. The number of phenolic OH excluding ortho intramolecular Hbond substituents is 1. The number of nitrogens with zero attached hydrogens (tertiary/aromatic N) is 2. The van der Waals surface area contributed by atoms with E-state index in [0.29, 0.717) is 31.9 Å². The molecule has 1 saturated heterocycles.